The second kappa shape index (κ2) is 5.37. The fraction of sp³-hybridized carbons (Fsp3) is 0.417. The summed E-state index contributed by atoms with van der Waals surface area (Å²) in [4.78, 5) is 11.8. The molecule has 1 aromatic carbocycles. The molecular formula is C12H16NO2S+. The van der Waals surface area contributed by atoms with E-state index in [-0.39, 0.29) is 22.2 Å². The molecule has 16 heavy (non-hydrogen) atoms. The number of hydrogen-bond donors (Lipinski definition) is 1. The van der Waals surface area contributed by atoms with Crippen molar-refractivity contribution in [3.63, 3.8) is 0 Å². The molecule has 1 amide bonds. The van der Waals surface area contributed by atoms with Gasteiger partial charge in [-0.25, -0.2) is 0 Å². The molecule has 0 radical (unpaired) electrons. The van der Waals surface area contributed by atoms with Crippen LogP contribution in [0.15, 0.2) is 30.3 Å². The van der Waals surface area contributed by atoms with Gasteiger partial charge >= 0.3 is 0 Å². The van der Waals surface area contributed by atoms with Crippen molar-refractivity contribution in [2.75, 3.05) is 23.4 Å². The molecule has 0 saturated carbocycles. The first-order valence-corrected chi connectivity index (χ1v) is 7.01. The molecule has 1 aromatic rings. The van der Waals surface area contributed by atoms with Crippen molar-refractivity contribution in [3.8, 4) is 0 Å². The Bertz CT molecular complexity index is 355. The predicted molar refractivity (Wildman–Crippen MR) is 67.6 cm³/mol. The average molecular weight is 238 g/mol. The zero-order valence-corrected chi connectivity index (χ0v) is 10.1. The summed E-state index contributed by atoms with van der Waals surface area (Å²) < 4.78 is 5.45. The SMILES string of the molecule is CC1OCC[S+]1CC(=O)Nc1ccccc1. The summed E-state index contributed by atoms with van der Waals surface area (Å²) in [7, 11) is 0.0899. The summed E-state index contributed by atoms with van der Waals surface area (Å²) in [6.45, 7) is 2.84. The van der Waals surface area contributed by atoms with E-state index in [0.29, 0.717) is 5.75 Å². The Morgan fingerprint density at radius 3 is 2.88 bits per heavy atom. The fourth-order valence-corrected chi connectivity index (χ4v) is 3.38. The van der Waals surface area contributed by atoms with Gasteiger partial charge in [0.2, 0.25) is 5.44 Å². The lowest BCUT2D eigenvalue weighted by atomic mass is 10.3. The minimum atomic E-state index is 0.0897. The summed E-state index contributed by atoms with van der Waals surface area (Å²) in [6.07, 6.45) is 0. The van der Waals surface area contributed by atoms with Crippen LogP contribution in [0.1, 0.15) is 6.92 Å². The van der Waals surface area contributed by atoms with Gasteiger partial charge in [0, 0.05) is 23.5 Å². The number of benzene rings is 1. The fourth-order valence-electron chi connectivity index (χ4n) is 1.66. The van der Waals surface area contributed by atoms with Gasteiger partial charge in [-0.2, -0.15) is 0 Å². The van der Waals surface area contributed by atoms with Gasteiger partial charge in [0.15, 0.2) is 5.75 Å². The Morgan fingerprint density at radius 2 is 2.25 bits per heavy atom. The molecule has 3 nitrogen and oxygen atoms in total. The van der Waals surface area contributed by atoms with Crippen LogP contribution in [0.2, 0.25) is 0 Å². The molecule has 1 N–H and O–H groups in total. The summed E-state index contributed by atoms with van der Waals surface area (Å²) in [5, 5.41) is 2.90. The van der Waals surface area contributed by atoms with Crippen molar-refractivity contribution >= 4 is 22.5 Å². The maximum Gasteiger partial charge on any atom is 0.274 e. The van der Waals surface area contributed by atoms with Crippen LogP contribution >= 0.6 is 0 Å². The number of hydrogen-bond acceptors (Lipinski definition) is 2. The first-order valence-electron chi connectivity index (χ1n) is 5.38. The average Bonchev–Trinajstić information content (AvgIpc) is 2.66. The molecule has 1 fully saturated rings. The lowest BCUT2D eigenvalue weighted by Gasteiger charge is -2.06. The molecule has 1 heterocycles. The van der Waals surface area contributed by atoms with Gasteiger partial charge in [-0.05, 0) is 12.1 Å². The minimum absolute atomic E-state index is 0.0897. The van der Waals surface area contributed by atoms with Gasteiger partial charge < -0.3 is 10.1 Å². The van der Waals surface area contributed by atoms with E-state index in [1.54, 1.807) is 0 Å². The molecule has 1 saturated heterocycles. The molecule has 0 aromatic heterocycles. The number of anilines is 1. The Hall–Kier alpha value is -1.00. The number of ether oxygens (including phenoxy) is 1. The largest absolute Gasteiger partial charge is 0.329 e. The minimum Gasteiger partial charge on any atom is -0.329 e. The highest BCUT2D eigenvalue weighted by Crippen LogP contribution is 2.16. The smallest absolute Gasteiger partial charge is 0.274 e. The molecule has 86 valence electrons. The molecule has 0 spiro atoms. The molecule has 0 bridgehead atoms. The van der Waals surface area contributed by atoms with Gasteiger partial charge in [-0.1, -0.05) is 18.2 Å². The normalized spacial score (nSPS) is 24.3. The van der Waals surface area contributed by atoms with E-state index in [4.69, 9.17) is 4.74 Å². The first kappa shape index (κ1) is 11.5. The monoisotopic (exact) mass is 238 g/mol. The second-order valence-corrected chi connectivity index (χ2v) is 6.17. The first-order chi connectivity index (χ1) is 7.75. The number of carbonyl (C=O) groups is 1. The summed E-state index contributed by atoms with van der Waals surface area (Å²) in [6, 6.07) is 9.56. The molecule has 2 atom stereocenters. The number of amides is 1. The maximum absolute atomic E-state index is 11.8. The van der Waals surface area contributed by atoms with E-state index in [2.05, 4.69) is 5.32 Å². The van der Waals surface area contributed by atoms with E-state index < -0.39 is 0 Å². The lowest BCUT2D eigenvalue weighted by Crippen LogP contribution is -2.27. The van der Waals surface area contributed by atoms with Gasteiger partial charge in [0.1, 0.15) is 5.75 Å². The predicted octanol–water partition coefficient (Wildman–Crippen LogP) is 1.62. The highest BCUT2D eigenvalue weighted by Gasteiger charge is 2.35. The van der Waals surface area contributed by atoms with E-state index >= 15 is 0 Å². The Kier molecular flexibility index (Phi) is 3.85. The Morgan fingerprint density at radius 1 is 1.50 bits per heavy atom. The number of carbonyl (C=O) groups excluding carboxylic acids is 1. The Labute approximate surface area is 98.5 Å². The summed E-state index contributed by atoms with van der Waals surface area (Å²) in [5.41, 5.74) is 1.10. The molecule has 0 aliphatic carbocycles. The van der Waals surface area contributed by atoms with E-state index in [0.717, 1.165) is 18.0 Å². The van der Waals surface area contributed by atoms with E-state index in [1.165, 1.54) is 0 Å². The van der Waals surface area contributed by atoms with Crippen molar-refractivity contribution in [1.29, 1.82) is 0 Å². The highest BCUT2D eigenvalue weighted by atomic mass is 32.2. The van der Waals surface area contributed by atoms with Crippen LogP contribution in [0, 0.1) is 0 Å². The Balaban J connectivity index is 1.85. The molecule has 2 unspecified atom stereocenters. The van der Waals surface area contributed by atoms with Crippen LogP contribution in [0.5, 0.6) is 0 Å². The van der Waals surface area contributed by atoms with Crippen molar-refractivity contribution in [3.05, 3.63) is 30.3 Å². The van der Waals surface area contributed by atoms with Crippen LogP contribution in [-0.4, -0.2) is 29.5 Å². The third kappa shape index (κ3) is 3.00. The third-order valence-electron chi connectivity index (χ3n) is 2.54. The van der Waals surface area contributed by atoms with E-state index in [1.807, 2.05) is 37.3 Å². The van der Waals surface area contributed by atoms with Crippen molar-refractivity contribution in [1.82, 2.24) is 0 Å². The topological polar surface area (TPSA) is 38.3 Å². The quantitative estimate of drug-likeness (QED) is 0.813. The third-order valence-corrected chi connectivity index (χ3v) is 4.94. The number of nitrogens with one attached hydrogen (secondary N) is 1. The zero-order chi connectivity index (χ0) is 11.4. The van der Waals surface area contributed by atoms with Crippen LogP contribution in [0.4, 0.5) is 5.69 Å². The van der Waals surface area contributed by atoms with Crippen LogP contribution in [-0.2, 0) is 20.4 Å². The van der Waals surface area contributed by atoms with Crippen molar-refractivity contribution in [2.24, 2.45) is 0 Å². The van der Waals surface area contributed by atoms with Crippen LogP contribution in [0.25, 0.3) is 0 Å². The van der Waals surface area contributed by atoms with Gasteiger partial charge in [0.25, 0.3) is 5.91 Å². The van der Waals surface area contributed by atoms with Crippen molar-refractivity contribution < 1.29 is 9.53 Å². The standard InChI is InChI=1S/C12H15NO2S/c1-10-15-7-8-16(10)9-12(14)13-11-5-3-2-4-6-11/h2-6,10H,7-9H2,1H3/p+1. The maximum atomic E-state index is 11.8. The molecule has 1 aliphatic rings. The number of rotatable bonds is 3. The van der Waals surface area contributed by atoms with Crippen LogP contribution in [0.3, 0.4) is 0 Å². The molecule has 4 heteroatoms. The summed E-state index contributed by atoms with van der Waals surface area (Å²) in [5.74, 6) is 1.69. The van der Waals surface area contributed by atoms with Crippen LogP contribution < -0.4 is 5.32 Å². The van der Waals surface area contributed by atoms with Gasteiger partial charge in [-0.15, -0.1) is 0 Å². The van der Waals surface area contributed by atoms with Gasteiger partial charge in [-0.3, -0.25) is 4.79 Å². The van der Waals surface area contributed by atoms with Crippen molar-refractivity contribution in [2.45, 2.75) is 12.4 Å². The van der Waals surface area contributed by atoms with Gasteiger partial charge in [0.05, 0.1) is 6.61 Å². The number of para-hydroxylation sites is 1. The zero-order valence-electron chi connectivity index (χ0n) is 9.31. The van der Waals surface area contributed by atoms with E-state index in [9.17, 15) is 4.79 Å². The second-order valence-electron chi connectivity index (χ2n) is 3.74. The molecule has 2 rings (SSSR count). The molecule has 1 aliphatic heterocycles. The summed E-state index contributed by atoms with van der Waals surface area (Å²) >= 11 is 0. The lowest BCUT2D eigenvalue weighted by molar-refractivity contribution is -0.113. The highest BCUT2D eigenvalue weighted by molar-refractivity contribution is 7.98. The molecular weight excluding hydrogens is 222 g/mol.